The summed E-state index contributed by atoms with van der Waals surface area (Å²) in [7, 11) is 0. The maximum Gasteiger partial charge on any atom is 0.223 e. The Kier molecular flexibility index (Phi) is 4.47. The molecule has 0 bridgehead atoms. The van der Waals surface area contributed by atoms with E-state index in [-0.39, 0.29) is 6.10 Å². The van der Waals surface area contributed by atoms with Crippen LogP contribution in [0.4, 0.5) is 0 Å². The fourth-order valence-electron chi connectivity index (χ4n) is 3.27. The van der Waals surface area contributed by atoms with Gasteiger partial charge in [0.05, 0.1) is 5.39 Å². The summed E-state index contributed by atoms with van der Waals surface area (Å²) in [6.07, 6.45) is 8.54. The Morgan fingerprint density at radius 3 is 2.65 bits per heavy atom. The highest BCUT2D eigenvalue weighted by atomic mass is 35.5. The van der Waals surface area contributed by atoms with Crippen LogP contribution in [0.25, 0.3) is 10.8 Å². The lowest BCUT2D eigenvalue weighted by Gasteiger charge is -2.35. The van der Waals surface area contributed by atoms with E-state index in [0.29, 0.717) is 11.0 Å². The van der Waals surface area contributed by atoms with E-state index >= 15 is 0 Å². The van der Waals surface area contributed by atoms with Gasteiger partial charge in [0.25, 0.3) is 0 Å². The van der Waals surface area contributed by atoms with Crippen LogP contribution < -0.4 is 10.5 Å². The second-order valence-corrected chi connectivity index (χ2v) is 7.50. The van der Waals surface area contributed by atoms with Crippen molar-refractivity contribution in [3.63, 3.8) is 0 Å². The number of aromatic nitrogens is 2. The van der Waals surface area contributed by atoms with Crippen LogP contribution in [0.3, 0.4) is 0 Å². The molecule has 0 saturated heterocycles. The number of hydrogen-bond acceptors (Lipinski definition) is 4. The summed E-state index contributed by atoms with van der Waals surface area (Å²) in [5.74, 6) is 1.43. The average Bonchev–Trinajstić information content (AvgIpc) is 2.43. The first-order chi connectivity index (χ1) is 10.9. The summed E-state index contributed by atoms with van der Waals surface area (Å²) >= 11 is 6.08. The smallest absolute Gasteiger partial charge is 0.223 e. The Morgan fingerprint density at radius 2 is 2.00 bits per heavy atom. The molecule has 5 heteroatoms. The van der Waals surface area contributed by atoms with Gasteiger partial charge in [-0.1, -0.05) is 31.4 Å². The summed E-state index contributed by atoms with van der Waals surface area (Å²) < 4.78 is 6.11. The lowest BCUT2D eigenvalue weighted by atomic mass is 9.79. The molecule has 124 valence electrons. The topological polar surface area (TPSA) is 61.0 Å². The molecule has 2 aromatic heterocycles. The second kappa shape index (κ2) is 6.25. The van der Waals surface area contributed by atoms with Gasteiger partial charge in [0.15, 0.2) is 0 Å². The predicted molar refractivity (Wildman–Crippen MR) is 93.8 cm³/mol. The van der Waals surface area contributed by atoms with Crippen molar-refractivity contribution in [2.45, 2.75) is 58.1 Å². The monoisotopic (exact) mass is 333 g/mol. The number of fused-ring (bicyclic) bond motifs is 1. The Morgan fingerprint density at radius 1 is 1.26 bits per heavy atom. The normalized spacial score (nSPS) is 21.3. The van der Waals surface area contributed by atoms with Gasteiger partial charge in [0.1, 0.15) is 11.3 Å². The van der Waals surface area contributed by atoms with Crippen molar-refractivity contribution in [1.29, 1.82) is 0 Å². The standard InChI is InChI=1S/C18H24ClN3O/c1-4-5-11-6-12(7-11)23-17-14-9-21-16(19)8-13(14)15(10-22-17)18(2,3)20/h8-12H,4-7,20H2,1-3H3. The van der Waals surface area contributed by atoms with Crippen LogP contribution in [0, 0.1) is 5.92 Å². The third-order valence-electron chi connectivity index (χ3n) is 4.56. The largest absolute Gasteiger partial charge is 0.474 e. The number of hydrogen-bond donors (Lipinski definition) is 1. The zero-order chi connectivity index (χ0) is 16.6. The Labute approximate surface area is 142 Å². The van der Waals surface area contributed by atoms with E-state index in [0.717, 1.165) is 35.1 Å². The van der Waals surface area contributed by atoms with Gasteiger partial charge in [0.2, 0.25) is 5.88 Å². The third kappa shape index (κ3) is 3.43. The van der Waals surface area contributed by atoms with Crippen LogP contribution in [0.15, 0.2) is 18.5 Å². The molecule has 1 saturated carbocycles. The van der Waals surface area contributed by atoms with Crippen LogP contribution in [0.2, 0.25) is 5.15 Å². The van der Waals surface area contributed by atoms with Crippen molar-refractivity contribution in [1.82, 2.24) is 9.97 Å². The first kappa shape index (κ1) is 16.5. The minimum atomic E-state index is -0.503. The minimum Gasteiger partial charge on any atom is -0.474 e. The van der Waals surface area contributed by atoms with Crippen LogP contribution in [-0.4, -0.2) is 16.1 Å². The predicted octanol–water partition coefficient (Wildman–Crippen LogP) is 4.43. The summed E-state index contributed by atoms with van der Waals surface area (Å²) in [5.41, 5.74) is 6.71. The summed E-state index contributed by atoms with van der Waals surface area (Å²) in [4.78, 5) is 8.70. The van der Waals surface area contributed by atoms with E-state index in [9.17, 15) is 0 Å². The zero-order valence-corrected chi connectivity index (χ0v) is 14.7. The molecule has 0 unspecified atom stereocenters. The molecule has 0 aromatic carbocycles. The lowest BCUT2D eigenvalue weighted by Crippen LogP contribution is -2.34. The van der Waals surface area contributed by atoms with Gasteiger partial charge in [-0.2, -0.15) is 0 Å². The number of halogens is 1. The third-order valence-corrected chi connectivity index (χ3v) is 4.77. The Bertz CT molecular complexity index is 705. The van der Waals surface area contributed by atoms with Gasteiger partial charge < -0.3 is 10.5 Å². The summed E-state index contributed by atoms with van der Waals surface area (Å²) in [6.45, 7) is 6.14. The molecule has 1 aliphatic rings. The molecule has 1 fully saturated rings. The van der Waals surface area contributed by atoms with Crippen molar-refractivity contribution in [3.8, 4) is 5.88 Å². The second-order valence-electron chi connectivity index (χ2n) is 7.12. The number of nitrogens with zero attached hydrogens (tertiary/aromatic N) is 2. The molecule has 0 spiro atoms. The molecule has 1 aliphatic carbocycles. The molecule has 3 rings (SSSR count). The highest BCUT2D eigenvalue weighted by Gasteiger charge is 2.31. The van der Waals surface area contributed by atoms with Crippen molar-refractivity contribution < 1.29 is 4.74 Å². The van der Waals surface area contributed by atoms with Gasteiger partial charge in [-0.25, -0.2) is 9.97 Å². The quantitative estimate of drug-likeness (QED) is 0.822. The summed E-state index contributed by atoms with van der Waals surface area (Å²) in [6, 6.07) is 1.84. The number of rotatable bonds is 5. The van der Waals surface area contributed by atoms with Gasteiger partial charge in [0, 0.05) is 17.9 Å². The van der Waals surface area contributed by atoms with Gasteiger partial charge in [-0.15, -0.1) is 0 Å². The van der Waals surface area contributed by atoms with E-state index in [1.54, 1.807) is 12.4 Å². The molecular weight excluding hydrogens is 310 g/mol. The van der Waals surface area contributed by atoms with E-state index in [2.05, 4.69) is 16.9 Å². The molecule has 2 aromatic rings. The molecular formula is C18H24ClN3O. The van der Waals surface area contributed by atoms with Gasteiger partial charge >= 0.3 is 0 Å². The highest BCUT2D eigenvalue weighted by molar-refractivity contribution is 6.30. The van der Waals surface area contributed by atoms with Crippen molar-refractivity contribution in [2.75, 3.05) is 0 Å². The molecule has 2 N–H and O–H groups in total. The number of nitrogens with two attached hydrogens (primary N) is 1. The van der Waals surface area contributed by atoms with Crippen LogP contribution >= 0.6 is 11.6 Å². The van der Waals surface area contributed by atoms with E-state index in [1.807, 2.05) is 19.9 Å². The maximum atomic E-state index is 6.27. The fraction of sp³-hybridized carbons (Fsp3) is 0.556. The number of pyridine rings is 2. The zero-order valence-electron chi connectivity index (χ0n) is 14.0. The SMILES string of the molecule is CCCC1CC(Oc2ncc(C(C)(C)N)c3cc(Cl)ncc23)C1. The van der Waals surface area contributed by atoms with Gasteiger partial charge in [-0.05, 0) is 49.6 Å². The van der Waals surface area contributed by atoms with E-state index in [1.165, 1.54) is 12.8 Å². The minimum absolute atomic E-state index is 0.259. The van der Waals surface area contributed by atoms with E-state index in [4.69, 9.17) is 22.1 Å². The van der Waals surface area contributed by atoms with Gasteiger partial charge in [-0.3, -0.25) is 0 Å². The van der Waals surface area contributed by atoms with Crippen LogP contribution in [-0.2, 0) is 5.54 Å². The maximum absolute atomic E-state index is 6.27. The fourth-order valence-corrected chi connectivity index (χ4v) is 3.42. The highest BCUT2D eigenvalue weighted by Crippen LogP contribution is 2.37. The van der Waals surface area contributed by atoms with Crippen LogP contribution in [0.1, 0.15) is 52.0 Å². The van der Waals surface area contributed by atoms with Crippen molar-refractivity contribution >= 4 is 22.4 Å². The average molecular weight is 334 g/mol. The molecule has 4 nitrogen and oxygen atoms in total. The lowest BCUT2D eigenvalue weighted by molar-refractivity contribution is 0.0578. The van der Waals surface area contributed by atoms with Crippen molar-refractivity contribution in [2.24, 2.45) is 11.7 Å². The molecule has 0 amide bonds. The molecule has 2 heterocycles. The van der Waals surface area contributed by atoms with E-state index < -0.39 is 5.54 Å². The first-order valence-corrected chi connectivity index (χ1v) is 8.66. The summed E-state index contributed by atoms with van der Waals surface area (Å²) in [5, 5.41) is 2.29. The first-order valence-electron chi connectivity index (χ1n) is 8.28. The molecule has 0 aliphatic heterocycles. The number of ether oxygens (including phenoxy) is 1. The van der Waals surface area contributed by atoms with Crippen molar-refractivity contribution in [3.05, 3.63) is 29.2 Å². The molecule has 0 atom stereocenters. The Balaban J connectivity index is 1.91. The molecule has 23 heavy (non-hydrogen) atoms. The molecule has 0 radical (unpaired) electrons. The van der Waals surface area contributed by atoms with Crippen LogP contribution in [0.5, 0.6) is 5.88 Å². The Hall–Kier alpha value is -1.39.